The molecule has 0 aliphatic heterocycles. The Bertz CT molecular complexity index is 547. The lowest BCUT2D eigenvalue weighted by molar-refractivity contribution is -0.149. The fourth-order valence-corrected chi connectivity index (χ4v) is 1.61. The van der Waals surface area contributed by atoms with Crippen LogP contribution < -0.4 is 9.47 Å². The Morgan fingerprint density at radius 1 is 1.19 bits per heavy atom. The van der Waals surface area contributed by atoms with Crippen LogP contribution in [0, 0.1) is 0 Å². The molecular weight excluding hydrogens is 276 g/mol. The summed E-state index contributed by atoms with van der Waals surface area (Å²) in [5, 5.41) is 10.0. The zero-order chi connectivity index (χ0) is 15.8. The third-order valence-corrected chi connectivity index (χ3v) is 2.49. The fraction of sp³-hybridized carbons (Fsp3) is 0.333. The van der Waals surface area contributed by atoms with Crippen molar-refractivity contribution in [3.05, 3.63) is 29.8 Å². The second-order valence-corrected chi connectivity index (χ2v) is 3.91. The largest absolute Gasteiger partial charge is 0.507 e. The molecule has 0 saturated heterocycles. The Balaban J connectivity index is 3.17. The van der Waals surface area contributed by atoms with Crippen LogP contribution in [0.4, 0.5) is 0 Å². The average molecular weight is 294 g/mol. The van der Waals surface area contributed by atoms with Gasteiger partial charge in [-0.05, 0) is 32.0 Å². The monoisotopic (exact) mass is 294 g/mol. The summed E-state index contributed by atoms with van der Waals surface area (Å²) in [6.07, 6.45) is 0.791. The summed E-state index contributed by atoms with van der Waals surface area (Å²) in [6, 6.07) is 4.84. The van der Waals surface area contributed by atoms with Crippen molar-refractivity contribution in [1.82, 2.24) is 0 Å². The molecule has 1 aromatic carbocycles. The Labute approximate surface area is 122 Å². The number of carbonyl (C=O) groups excluding carboxylic acids is 2. The average Bonchev–Trinajstić information content (AvgIpc) is 2.48. The number of rotatable bonds is 7. The van der Waals surface area contributed by atoms with Gasteiger partial charge in [0.1, 0.15) is 17.3 Å². The highest BCUT2D eigenvalue weighted by Crippen LogP contribution is 2.29. The van der Waals surface area contributed by atoms with E-state index in [1.807, 2.05) is 6.92 Å². The molecule has 0 aliphatic carbocycles. The summed E-state index contributed by atoms with van der Waals surface area (Å²) < 4.78 is 15.0. The van der Waals surface area contributed by atoms with Crippen molar-refractivity contribution in [1.29, 1.82) is 0 Å². The third-order valence-electron chi connectivity index (χ3n) is 2.49. The summed E-state index contributed by atoms with van der Waals surface area (Å²) in [5.41, 5.74) is 0.264. The summed E-state index contributed by atoms with van der Waals surface area (Å²) in [4.78, 5) is 22.5. The summed E-state index contributed by atoms with van der Waals surface area (Å²) in [7, 11) is 1.09. The van der Waals surface area contributed by atoms with Crippen LogP contribution in [0.1, 0.15) is 19.4 Å². The van der Waals surface area contributed by atoms with Gasteiger partial charge in [-0.1, -0.05) is 0 Å². The number of ketones is 1. The van der Waals surface area contributed by atoms with Crippen LogP contribution in [0.3, 0.4) is 0 Å². The fourth-order valence-electron chi connectivity index (χ4n) is 1.61. The van der Waals surface area contributed by atoms with Crippen LogP contribution in [0.5, 0.6) is 11.5 Å². The lowest BCUT2D eigenvalue weighted by Gasteiger charge is -2.12. The highest BCUT2D eigenvalue weighted by atomic mass is 16.5. The molecule has 1 aromatic rings. The molecule has 1 rings (SSSR count). The maximum absolute atomic E-state index is 11.5. The molecule has 6 heteroatoms. The van der Waals surface area contributed by atoms with Gasteiger partial charge in [-0.15, -0.1) is 0 Å². The van der Waals surface area contributed by atoms with Crippen molar-refractivity contribution in [2.75, 3.05) is 20.3 Å². The smallest absolute Gasteiger partial charge is 0.378 e. The number of esters is 1. The van der Waals surface area contributed by atoms with E-state index < -0.39 is 17.5 Å². The first kappa shape index (κ1) is 16.6. The van der Waals surface area contributed by atoms with Gasteiger partial charge in [0.15, 0.2) is 0 Å². The summed E-state index contributed by atoms with van der Waals surface area (Å²) in [6.45, 7) is 4.46. The predicted molar refractivity (Wildman–Crippen MR) is 76.4 cm³/mol. The van der Waals surface area contributed by atoms with Gasteiger partial charge in [0.05, 0.1) is 25.9 Å². The number of hydrogen-bond acceptors (Lipinski definition) is 6. The summed E-state index contributed by atoms with van der Waals surface area (Å²) >= 11 is 0. The molecule has 21 heavy (non-hydrogen) atoms. The molecule has 114 valence electrons. The van der Waals surface area contributed by atoms with Gasteiger partial charge in [0.25, 0.3) is 5.78 Å². The van der Waals surface area contributed by atoms with Gasteiger partial charge >= 0.3 is 5.97 Å². The Kier molecular flexibility index (Phi) is 6.26. The van der Waals surface area contributed by atoms with Crippen molar-refractivity contribution in [2.45, 2.75) is 13.8 Å². The lowest BCUT2D eigenvalue weighted by atomic mass is 10.1. The van der Waals surface area contributed by atoms with E-state index in [9.17, 15) is 14.7 Å². The topological polar surface area (TPSA) is 82.1 Å². The van der Waals surface area contributed by atoms with Crippen molar-refractivity contribution >= 4 is 17.5 Å². The zero-order valence-corrected chi connectivity index (χ0v) is 12.2. The molecule has 0 spiro atoms. The second kappa shape index (κ2) is 7.94. The lowest BCUT2D eigenvalue weighted by Crippen LogP contribution is -2.13. The Morgan fingerprint density at radius 3 is 2.43 bits per heavy atom. The molecule has 1 N–H and O–H groups in total. The highest BCUT2D eigenvalue weighted by molar-refractivity contribution is 6.39. The molecule has 0 aliphatic rings. The van der Waals surface area contributed by atoms with Gasteiger partial charge in [0, 0.05) is 6.08 Å². The number of aliphatic hydroxyl groups excluding tert-OH is 1. The van der Waals surface area contributed by atoms with E-state index in [1.165, 1.54) is 6.07 Å². The van der Waals surface area contributed by atoms with E-state index in [4.69, 9.17) is 9.47 Å². The van der Waals surface area contributed by atoms with E-state index >= 15 is 0 Å². The van der Waals surface area contributed by atoms with E-state index in [0.29, 0.717) is 24.7 Å². The molecule has 6 nitrogen and oxygen atoms in total. The number of aliphatic hydroxyl groups is 1. The minimum absolute atomic E-state index is 0.264. The van der Waals surface area contributed by atoms with Crippen LogP contribution in [0.15, 0.2) is 24.3 Å². The van der Waals surface area contributed by atoms with E-state index in [2.05, 4.69) is 4.74 Å². The van der Waals surface area contributed by atoms with Gasteiger partial charge in [-0.25, -0.2) is 4.79 Å². The second-order valence-electron chi connectivity index (χ2n) is 3.91. The molecule has 0 radical (unpaired) electrons. The first-order valence-electron chi connectivity index (χ1n) is 6.46. The van der Waals surface area contributed by atoms with Crippen LogP contribution >= 0.6 is 0 Å². The maximum Gasteiger partial charge on any atom is 0.378 e. The van der Waals surface area contributed by atoms with Gasteiger partial charge < -0.3 is 19.3 Å². The first-order valence-corrected chi connectivity index (χ1v) is 6.46. The van der Waals surface area contributed by atoms with Gasteiger partial charge in [0.2, 0.25) is 0 Å². The molecule has 0 bridgehead atoms. The standard InChI is InChI=1S/C15H18O6/c1-4-20-10-6-7-14(21-5-2)11(8-10)12(16)9-13(17)15(18)19-3/h6-9,16H,4-5H2,1-3H3/b12-9-. The molecule has 0 saturated carbocycles. The highest BCUT2D eigenvalue weighted by Gasteiger charge is 2.16. The van der Waals surface area contributed by atoms with E-state index in [0.717, 1.165) is 13.2 Å². The normalized spacial score (nSPS) is 10.9. The van der Waals surface area contributed by atoms with Crippen molar-refractivity contribution in [2.24, 2.45) is 0 Å². The van der Waals surface area contributed by atoms with Crippen molar-refractivity contribution in [3.8, 4) is 11.5 Å². The molecule has 0 atom stereocenters. The number of ether oxygens (including phenoxy) is 3. The maximum atomic E-state index is 11.5. The predicted octanol–water partition coefficient (Wildman–Crippen LogP) is 2.12. The third kappa shape index (κ3) is 4.52. The Morgan fingerprint density at radius 2 is 1.86 bits per heavy atom. The first-order chi connectivity index (χ1) is 10.0. The van der Waals surface area contributed by atoms with Gasteiger partial charge in [-0.3, -0.25) is 4.79 Å². The molecule has 0 aromatic heterocycles. The molecule has 0 heterocycles. The van der Waals surface area contributed by atoms with E-state index in [-0.39, 0.29) is 5.56 Å². The molecule has 0 unspecified atom stereocenters. The Hall–Kier alpha value is -2.50. The SMILES string of the molecule is CCOc1ccc(OCC)c(/C(O)=C/C(=O)C(=O)OC)c1. The van der Waals surface area contributed by atoms with Crippen molar-refractivity contribution in [3.63, 3.8) is 0 Å². The molecule has 0 fully saturated rings. The van der Waals surface area contributed by atoms with Gasteiger partial charge in [-0.2, -0.15) is 0 Å². The van der Waals surface area contributed by atoms with Crippen LogP contribution in [0.2, 0.25) is 0 Å². The molecule has 0 amide bonds. The molecular formula is C15H18O6. The number of hydrogen-bond donors (Lipinski definition) is 1. The zero-order valence-electron chi connectivity index (χ0n) is 12.2. The quantitative estimate of drug-likeness (QED) is 0.359. The van der Waals surface area contributed by atoms with Crippen LogP contribution in [-0.2, 0) is 14.3 Å². The van der Waals surface area contributed by atoms with Crippen LogP contribution in [-0.4, -0.2) is 37.2 Å². The number of methoxy groups -OCH3 is 1. The minimum atomic E-state index is -1.06. The van der Waals surface area contributed by atoms with Crippen LogP contribution in [0.25, 0.3) is 5.76 Å². The van der Waals surface area contributed by atoms with E-state index in [1.54, 1.807) is 19.1 Å². The minimum Gasteiger partial charge on any atom is -0.507 e. The number of carbonyl (C=O) groups is 2. The number of benzene rings is 1. The van der Waals surface area contributed by atoms with Crippen molar-refractivity contribution < 1.29 is 28.9 Å². The summed E-state index contributed by atoms with van der Waals surface area (Å²) in [5.74, 6) is -1.51.